The lowest BCUT2D eigenvalue weighted by Crippen LogP contribution is -2.52. The highest BCUT2D eigenvalue weighted by Gasteiger charge is 2.28. The van der Waals surface area contributed by atoms with Gasteiger partial charge in [0.25, 0.3) is 0 Å². The van der Waals surface area contributed by atoms with Gasteiger partial charge < -0.3 is 30.5 Å². The normalized spacial score (nSPS) is 16.5. The van der Waals surface area contributed by atoms with Crippen LogP contribution in [-0.4, -0.2) is 85.1 Å². The molecule has 2 aliphatic heterocycles. The van der Waals surface area contributed by atoms with E-state index in [0.29, 0.717) is 40.0 Å². The van der Waals surface area contributed by atoms with Crippen LogP contribution in [0.3, 0.4) is 0 Å². The number of carbonyl (C=O) groups is 1. The molecule has 5 rings (SSSR count). The number of benzene rings is 2. The number of methoxy groups -OCH3 is 1. The number of para-hydroxylation sites is 1. The van der Waals surface area contributed by atoms with Gasteiger partial charge in [-0.3, -0.25) is 9.69 Å². The van der Waals surface area contributed by atoms with Crippen molar-refractivity contribution in [1.82, 2.24) is 19.8 Å². The standard InChI is InChI=1S/C32H41ClN8O2/c1-5-22-9-7-8-10-25(22)36-31-24(33)21-34-32(38-31)37-27-19-26(35-30(42)6-2)28(20-29(27)43-4)41-13-11-23(12-14-41)40-17-15-39(3)16-18-40/h6-10,19-21,23H,2,5,11-18H2,1,3-4H3,(H,35,42)(H2,34,36,37,38). The molecule has 228 valence electrons. The molecule has 3 N–H and O–H groups in total. The van der Waals surface area contributed by atoms with Gasteiger partial charge in [0.1, 0.15) is 10.8 Å². The predicted octanol–water partition coefficient (Wildman–Crippen LogP) is 5.53. The molecule has 1 amide bonds. The molecule has 2 saturated heterocycles. The second-order valence-corrected chi connectivity index (χ2v) is 11.4. The van der Waals surface area contributed by atoms with Crippen LogP contribution in [0.5, 0.6) is 5.75 Å². The molecule has 3 aromatic rings. The lowest BCUT2D eigenvalue weighted by Gasteiger charge is -2.43. The van der Waals surface area contributed by atoms with E-state index in [-0.39, 0.29) is 5.91 Å². The molecule has 3 heterocycles. The Hall–Kier alpha value is -3.86. The number of halogens is 1. The van der Waals surface area contributed by atoms with Crippen molar-refractivity contribution in [3.8, 4) is 5.75 Å². The summed E-state index contributed by atoms with van der Waals surface area (Å²) in [4.78, 5) is 28.9. The van der Waals surface area contributed by atoms with E-state index in [4.69, 9.17) is 16.3 Å². The second-order valence-electron chi connectivity index (χ2n) is 11.0. The topological polar surface area (TPSA) is 97.9 Å². The Labute approximate surface area is 259 Å². The zero-order chi connectivity index (χ0) is 30.3. The van der Waals surface area contributed by atoms with Crippen LogP contribution in [0.2, 0.25) is 5.02 Å². The number of aryl methyl sites for hydroxylation is 1. The summed E-state index contributed by atoms with van der Waals surface area (Å²) in [5, 5.41) is 10.0. The minimum Gasteiger partial charge on any atom is -0.494 e. The number of rotatable bonds is 10. The molecule has 11 heteroatoms. The Bertz CT molecular complexity index is 1430. The van der Waals surface area contributed by atoms with E-state index in [2.05, 4.69) is 67.2 Å². The Morgan fingerprint density at radius 2 is 1.81 bits per heavy atom. The van der Waals surface area contributed by atoms with Gasteiger partial charge in [0.15, 0.2) is 5.82 Å². The highest BCUT2D eigenvalue weighted by Crippen LogP contribution is 2.40. The molecule has 1 aromatic heterocycles. The monoisotopic (exact) mass is 604 g/mol. The summed E-state index contributed by atoms with van der Waals surface area (Å²) in [7, 11) is 3.82. The van der Waals surface area contributed by atoms with Crippen LogP contribution in [0, 0.1) is 0 Å². The summed E-state index contributed by atoms with van der Waals surface area (Å²) in [6, 6.07) is 12.4. The van der Waals surface area contributed by atoms with Crippen LogP contribution in [0.1, 0.15) is 25.3 Å². The molecule has 0 radical (unpaired) electrons. The van der Waals surface area contributed by atoms with Gasteiger partial charge in [0.05, 0.1) is 30.4 Å². The molecular weight excluding hydrogens is 564 g/mol. The molecule has 43 heavy (non-hydrogen) atoms. The Morgan fingerprint density at radius 1 is 1.07 bits per heavy atom. The third kappa shape index (κ3) is 7.38. The number of ether oxygens (including phenoxy) is 1. The van der Waals surface area contributed by atoms with E-state index < -0.39 is 0 Å². The van der Waals surface area contributed by atoms with Gasteiger partial charge in [-0.25, -0.2) is 4.98 Å². The number of likely N-dealkylation sites (N-methyl/N-ethyl adjacent to an activating group) is 1. The van der Waals surface area contributed by atoms with Crippen molar-refractivity contribution in [3.05, 3.63) is 65.8 Å². The number of piperidine rings is 1. The van der Waals surface area contributed by atoms with Crippen molar-refractivity contribution in [2.75, 3.05) is 74.3 Å². The van der Waals surface area contributed by atoms with Gasteiger partial charge in [-0.05, 0) is 50.1 Å². The molecule has 0 bridgehead atoms. The average molecular weight is 605 g/mol. The summed E-state index contributed by atoms with van der Waals surface area (Å²) in [5.41, 5.74) is 4.27. The van der Waals surface area contributed by atoms with Gasteiger partial charge >= 0.3 is 0 Å². The lowest BCUT2D eigenvalue weighted by molar-refractivity contribution is -0.111. The second kappa shape index (κ2) is 14.1. The number of piperazine rings is 1. The van der Waals surface area contributed by atoms with Crippen molar-refractivity contribution in [2.45, 2.75) is 32.2 Å². The number of aromatic nitrogens is 2. The number of nitrogens with zero attached hydrogens (tertiary/aromatic N) is 5. The molecule has 2 aromatic carbocycles. The first-order chi connectivity index (χ1) is 20.9. The van der Waals surface area contributed by atoms with Crippen LogP contribution < -0.4 is 25.6 Å². The molecule has 10 nitrogen and oxygen atoms in total. The first-order valence-corrected chi connectivity index (χ1v) is 15.2. The van der Waals surface area contributed by atoms with E-state index >= 15 is 0 Å². The van der Waals surface area contributed by atoms with E-state index in [1.54, 1.807) is 13.3 Å². The summed E-state index contributed by atoms with van der Waals surface area (Å²) >= 11 is 6.47. The fourth-order valence-corrected chi connectivity index (χ4v) is 5.89. The summed E-state index contributed by atoms with van der Waals surface area (Å²) in [6.07, 6.45) is 5.83. The maximum absolute atomic E-state index is 12.5. The van der Waals surface area contributed by atoms with Crippen LogP contribution in [0.25, 0.3) is 0 Å². The predicted molar refractivity (Wildman–Crippen MR) is 176 cm³/mol. The highest BCUT2D eigenvalue weighted by molar-refractivity contribution is 6.32. The first-order valence-electron chi connectivity index (χ1n) is 14.9. The number of hydrogen-bond acceptors (Lipinski definition) is 9. The number of anilines is 6. The third-order valence-corrected chi connectivity index (χ3v) is 8.54. The number of nitrogens with one attached hydrogen (secondary N) is 3. The smallest absolute Gasteiger partial charge is 0.247 e. The number of amides is 1. The molecule has 2 aliphatic rings. The van der Waals surface area contributed by atoms with Crippen LogP contribution in [0.4, 0.5) is 34.5 Å². The lowest BCUT2D eigenvalue weighted by atomic mass is 10.0. The van der Waals surface area contributed by atoms with Crippen LogP contribution in [0.15, 0.2) is 55.3 Å². The van der Waals surface area contributed by atoms with E-state index in [0.717, 1.165) is 75.5 Å². The van der Waals surface area contributed by atoms with Gasteiger partial charge in [0, 0.05) is 57.1 Å². The summed E-state index contributed by atoms with van der Waals surface area (Å²) < 4.78 is 5.81. The SMILES string of the molecule is C=CC(=O)Nc1cc(Nc2ncc(Cl)c(Nc3ccccc3CC)n2)c(OC)cc1N1CCC(N2CCN(C)CC2)CC1. The minimum absolute atomic E-state index is 0.284. The Balaban J connectivity index is 1.38. The molecular formula is C32H41ClN8O2. The zero-order valence-corrected chi connectivity index (χ0v) is 26.0. The van der Waals surface area contributed by atoms with Gasteiger partial charge in [0.2, 0.25) is 11.9 Å². The third-order valence-electron chi connectivity index (χ3n) is 8.26. The minimum atomic E-state index is -0.284. The first kappa shape index (κ1) is 30.6. The molecule has 0 saturated carbocycles. The Kier molecular flexibility index (Phi) is 10.0. The van der Waals surface area contributed by atoms with Crippen molar-refractivity contribution in [1.29, 1.82) is 0 Å². The van der Waals surface area contributed by atoms with Crippen LogP contribution in [-0.2, 0) is 11.2 Å². The van der Waals surface area contributed by atoms with Gasteiger partial charge in [-0.2, -0.15) is 4.98 Å². The van der Waals surface area contributed by atoms with Gasteiger partial charge in [-0.1, -0.05) is 43.3 Å². The zero-order valence-electron chi connectivity index (χ0n) is 25.2. The molecule has 0 aliphatic carbocycles. The average Bonchev–Trinajstić information content (AvgIpc) is 3.03. The van der Waals surface area contributed by atoms with Crippen molar-refractivity contribution in [2.24, 2.45) is 0 Å². The van der Waals surface area contributed by atoms with E-state index in [1.807, 2.05) is 30.3 Å². The molecule has 2 fully saturated rings. The number of hydrogen-bond donors (Lipinski definition) is 3. The van der Waals surface area contributed by atoms with Crippen LogP contribution >= 0.6 is 11.6 Å². The van der Waals surface area contributed by atoms with Crippen molar-refractivity contribution in [3.63, 3.8) is 0 Å². The molecule has 0 atom stereocenters. The van der Waals surface area contributed by atoms with Crippen molar-refractivity contribution < 1.29 is 9.53 Å². The fraction of sp³-hybridized carbons (Fsp3) is 0.406. The molecule has 0 unspecified atom stereocenters. The largest absolute Gasteiger partial charge is 0.494 e. The van der Waals surface area contributed by atoms with E-state index in [1.165, 1.54) is 6.08 Å². The maximum atomic E-state index is 12.5. The number of carbonyl (C=O) groups excluding carboxylic acids is 1. The molecule has 0 spiro atoms. The van der Waals surface area contributed by atoms with Crippen molar-refractivity contribution >= 4 is 52.0 Å². The highest BCUT2D eigenvalue weighted by atomic mass is 35.5. The fourth-order valence-electron chi connectivity index (χ4n) is 5.75. The van der Waals surface area contributed by atoms with E-state index in [9.17, 15) is 4.79 Å². The summed E-state index contributed by atoms with van der Waals surface area (Å²) in [6.45, 7) is 12.0. The van der Waals surface area contributed by atoms with Gasteiger partial charge in [-0.15, -0.1) is 0 Å². The summed E-state index contributed by atoms with van der Waals surface area (Å²) in [5.74, 6) is 1.14. The quantitative estimate of drug-likeness (QED) is 0.258. The maximum Gasteiger partial charge on any atom is 0.247 e. The Morgan fingerprint density at radius 3 is 2.51 bits per heavy atom.